The molecule has 0 saturated heterocycles. The van der Waals surface area contributed by atoms with E-state index in [1.807, 2.05) is 0 Å². The van der Waals surface area contributed by atoms with Gasteiger partial charge in [0, 0.05) is 25.6 Å². The maximum absolute atomic E-state index is 14.0. The largest absolute Gasteiger partial charge is 0.484 e. The number of rotatable bonds is 5. The van der Waals surface area contributed by atoms with Gasteiger partial charge in [0.15, 0.2) is 4.90 Å². The van der Waals surface area contributed by atoms with Crippen LogP contribution >= 0.6 is 0 Å². The summed E-state index contributed by atoms with van der Waals surface area (Å²) in [6.45, 7) is 9.21. The van der Waals surface area contributed by atoms with Crippen LogP contribution in [-0.2, 0) is 26.1 Å². The Labute approximate surface area is 209 Å². The Morgan fingerprint density at radius 1 is 1.28 bits per heavy atom. The van der Waals surface area contributed by atoms with Gasteiger partial charge in [0.05, 0.1) is 31.1 Å². The summed E-state index contributed by atoms with van der Waals surface area (Å²) in [4.78, 5) is 23.8. The molecule has 4 rings (SSSR count). The van der Waals surface area contributed by atoms with E-state index in [0.29, 0.717) is 24.5 Å². The molecule has 0 spiro atoms. The standard InChI is InChI=1S/C23H31N5O7S/c1-14-20(21-27(26-14)9-6-10-33-21)36(31,32)28-13-17(12-24-15(2)29)34-19-8-7-16(11-18(19)28)25-22(30)35-23(3,4)5/h7-8,11,17H,6,9-10,12-13H2,1-5H3,(H,24,29)(H,25,30)/t17-/m0/s1. The molecule has 0 aliphatic carbocycles. The summed E-state index contributed by atoms with van der Waals surface area (Å²) in [5, 5.41) is 9.67. The highest BCUT2D eigenvalue weighted by atomic mass is 32.2. The summed E-state index contributed by atoms with van der Waals surface area (Å²) < 4.78 is 47.9. The lowest BCUT2D eigenvalue weighted by Crippen LogP contribution is -2.48. The molecule has 2 N–H and O–H groups in total. The van der Waals surface area contributed by atoms with Gasteiger partial charge in [0.25, 0.3) is 10.0 Å². The first-order valence-corrected chi connectivity index (χ1v) is 13.1. The molecule has 2 aliphatic heterocycles. The van der Waals surface area contributed by atoms with Crippen LogP contribution in [-0.4, -0.2) is 61.6 Å². The van der Waals surface area contributed by atoms with E-state index in [0.717, 1.165) is 6.42 Å². The molecule has 1 atom stereocenters. The van der Waals surface area contributed by atoms with Crippen LogP contribution in [0.5, 0.6) is 11.6 Å². The van der Waals surface area contributed by atoms with E-state index in [1.54, 1.807) is 44.5 Å². The summed E-state index contributed by atoms with van der Waals surface area (Å²) in [5.41, 5.74) is 0.184. The number of carbonyl (C=O) groups excluding carboxylic acids is 2. The number of amides is 2. The van der Waals surface area contributed by atoms with Gasteiger partial charge < -0.3 is 19.5 Å². The third kappa shape index (κ3) is 5.35. The normalized spacial score (nSPS) is 17.2. The molecular formula is C23H31N5O7S. The summed E-state index contributed by atoms with van der Waals surface area (Å²) in [5.74, 6) is 0.230. The van der Waals surface area contributed by atoms with Crippen molar-refractivity contribution in [2.75, 3.05) is 29.3 Å². The Morgan fingerprint density at radius 2 is 2.03 bits per heavy atom. The molecular weight excluding hydrogens is 490 g/mol. The van der Waals surface area contributed by atoms with Crippen molar-refractivity contribution in [2.24, 2.45) is 0 Å². The zero-order valence-electron chi connectivity index (χ0n) is 21.0. The first-order valence-electron chi connectivity index (χ1n) is 11.6. The van der Waals surface area contributed by atoms with Crippen molar-refractivity contribution in [1.82, 2.24) is 15.1 Å². The lowest BCUT2D eigenvalue weighted by atomic mass is 10.2. The van der Waals surface area contributed by atoms with Gasteiger partial charge >= 0.3 is 6.09 Å². The molecule has 2 aromatic rings. The van der Waals surface area contributed by atoms with E-state index in [4.69, 9.17) is 14.2 Å². The first-order chi connectivity index (χ1) is 16.8. The Kier molecular flexibility index (Phi) is 6.78. The van der Waals surface area contributed by atoms with E-state index < -0.39 is 27.8 Å². The average Bonchev–Trinajstić information content (AvgIpc) is 3.12. The molecule has 0 radical (unpaired) electrons. The number of aromatic nitrogens is 2. The minimum absolute atomic E-state index is 0.0150. The Bertz CT molecular complexity index is 1280. The number of aryl methyl sites for hydroxylation is 2. The van der Waals surface area contributed by atoms with Gasteiger partial charge in [-0.2, -0.15) is 5.10 Å². The molecule has 1 aromatic heterocycles. The van der Waals surface area contributed by atoms with Crippen LogP contribution < -0.4 is 24.4 Å². The fourth-order valence-corrected chi connectivity index (χ4v) is 5.81. The maximum atomic E-state index is 14.0. The number of nitrogens with one attached hydrogen (secondary N) is 2. The highest BCUT2D eigenvalue weighted by molar-refractivity contribution is 7.93. The predicted octanol–water partition coefficient (Wildman–Crippen LogP) is 2.41. The van der Waals surface area contributed by atoms with E-state index in [-0.39, 0.29) is 41.2 Å². The Balaban J connectivity index is 1.73. The molecule has 12 nitrogen and oxygen atoms in total. The Morgan fingerprint density at radius 3 is 2.72 bits per heavy atom. The lowest BCUT2D eigenvalue weighted by molar-refractivity contribution is -0.119. The second kappa shape index (κ2) is 9.52. The highest BCUT2D eigenvalue weighted by Crippen LogP contribution is 2.41. The van der Waals surface area contributed by atoms with Crippen molar-refractivity contribution < 1.29 is 32.2 Å². The van der Waals surface area contributed by atoms with E-state index in [1.165, 1.54) is 17.3 Å². The molecule has 0 unspecified atom stereocenters. The van der Waals surface area contributed by atoms with Crippen molar-refractivity contribution >= 4 is 33.4 Å². The van der Waals surface area contributed by atoms with Crippen molar-refractivity contribution in [3.63, 3.8) is 0 Å². The number of fused-ring (bicyclic) bond motifs is 2. The smallest absolute Gasteiger partial charge is 0.412 e. The molecule has 2 aliphatic rings. The van der Waals surface area contributed by atoms with Gasteiger partial charge in [-0.3, -0.25) is 14.4 Å². The van der Waals surface area contributed by atoms with Gasteiger partial charge in [0.2, 0.25) is 11.8 Å². The van der Waals surface area contributed by atoms with E-state index >= 15 is 0 Å². The predicted molar refractivity (Wildman–Crippen MR) is 131 cm³/mol. The molecule has 36 heavy (non-hydrogen) atoms. The fraction of sp³-hybridized carbons (Fsp3) is 0.522. The highest BCUT2D eigenvalue weighted by Gasteiger charge is 2.40. The molecule has 1 aromatic carbocycles. The van der Waals surface area contributed by atoms with Crippen LogP contribution in [0, 0.1) is 6.92 Å². The third-order valence-corrected chi connectivity index (χ3v) is 7.36. The van der Waals surface area contributed by atoms with Crippen LogP contribution in [0.2, 0.25) is 0 Å². The van der Waals surface area contributed by atoms with Crippen LogP contribution in [0.4, 0.5) is 16.2 Å². The number of nitrogens with zero attached hydrogens (tertiary/aromatic N) is 3. The molecule has 3 heterocycles. The number of carbonyl (C=O) groups is 2. The number of hydrogen-bond acceptors (Lipinski definition) is 8. The molecule has 0 fully saturated rings. The monoisotopic (exact) mass is 521 g/mol. The summed E-state index contributed by atoms with van der Waals surface area (Å²) in [6, 6.07) is 4.67. The van der Waals surface area contributed by atoms with Crippen LogP contribution in [0.15, 0.2) is 23.1 Å². The molecule has 2 amide bonds. The zero-order chi connectivity index (χ0) is 26.3. The maximum Gasteiger partial charge on any atom is 0.412 e. The molecule has 196 valence electrons. The summed E-state index contributed by atoms with van der Waals surface area (Å²) in [7, 11) is -4.16. The number of sulfonamides is 1. The van der Waals surface area contributed by atoms with Crippen LogP contribution in [0.1, 0.15) is 39.8 Å². The summed E-state index contributed by atoms with van der Waals surface area (Å²) >= 11 is 0. The van der Waals surface area contributed by atoms with Crippen molar-refractivity contribution in [3.05, 3.63) is 23.9 Å². The van der Waals surface area contributed by atoms with Crippen LogP contribution in [0.3, 0.4) is 0 Å². The summed E-state index contributed by atoms with van der Waals surface area (Å²) in [6.07, 6.45) is -0.590. The molecule has 13 heteroatoms. The minimum atomic E-state index is -4.16. The zero-order valence-corrected chi connectivity index (χ0v) is 21.8. The van der Waals surface area contributed by atoms with Crippen molar-refractivity contribution in [3.8, 4) is 11.6 Å². The van der Waals surface area contributed by atoms with Gasteiger partial charge in [-0.05, 0) is 45.9 Å². The second-order valence-electron chi connectivity index (χ2n) is 9.67. The lowest BCUT2D eigenvalue weighted by Gasteiger charge is -2.36. The van der Waals surface area contributed by atoms with Crippen molar-refractivity contribution in [2.45, 2.75) is 64.2 Å². The molecule has 0 bridgehead atoms. The molecule has 0 saturated carbocycles. The SMILES string of the molecule is CC(=O)NC[C@H]1CN(S(=O)(=O)c2c(C)nn3c2OCCC3)c2cc(NC(=O)OC(C)(C)C)ccc2O1. The second-order valence-corrected chi connectivity index (χ2v) is 11.5. The quantitative estimate of drug-likeness (QED) is 0.611. The topological polar surface area (TPSA) is 141 Å². The fourth-order valence-electron chi connectivity index (χ4n) is 4.03. The number of benzene rings is 1. The van der Waals surface area contributed by atoms with Gasteiger partial charge in [0.1, 0.15) is 17.5 Å². The number of hydrogen-bond donors (Lipinski definition) is 2. The first kappa shape index (κ1) is 25.6. The minimum Gasteiger partial charge on any atom is -0.484 e. The van der Waals surface area contributed by atoms with Crippen molar-refractivity contribution in [1.29, 1.82) is 0 Å². The van der Waals surface area contributed by atoms with Gasteiger partial charge in [-0.25, -0.2) is 17.9 Å². The third-order valence-electron chi connectivity index (χ3n) is 5.44. The van der Waals surface area contributed by atoms with E-state index in [9.17, 15) is 18.0 Å². The number of anilines is 2. The van der Waals surface area contributed by atoms with Gasteiger partial charge in [-0.15, -0.1) is 0 Å². The number of ether oxygens (including phenoxy) is 3. The van der Waals surface area contributed by atoms with E-state index in [2.05, 4.69) is 15.7 Å². The Hall–Kier alpha value is -3.48. The van der Waals surface area contributed by atoms with Crippen LogP contribution in [0.25, 0.3) is 0 Å². The van der Waals surface area contributed by atoms with Gasteiger partial charge in [-0.1, -0.05) is 0 Å². The average molecular weight is 522 g/mol.